The number of piperidine rings is 1. The van der Waals surface area contributed by atoms with Crippen molar-refractivity contribution in [2.45, 2.75) is 96.2 Å². The molecule has 1 saturated carbocycles. The fraction of sp³-hybridized carbons (Fsp3) is 0.386. The van der Waals surface area contributed by atoms with Crippen LogP contribution in [-0.4, -0.2) is 98.3 Å². The predicted octanol–water partition coefficient (Wildman–Crippen LogP) is 9.52. The van der Waals surface area contributed by atoms with Crippen LogP contribution in [0.2, 0.25) is 0 Å². The van der Waals surface area contributed by atoms with E-state index in [4.69, 9.17) is 14.8 Å². The number of pyridine rings is 1. The molecule has 3 aromatic heterocycles. The van der Waals surface area contributed by atoms with Gasteiger partial charge in [-0.25, -0.2) is 14.8 Å². The second-order valence-electron chi connectivity index (χ2n) is 20.3. The smallest absolute Gasteiger partial charge is 0.355 e. The number of aryl methyl sites for hydroxylation is 1. The summed E-state index contributed by atoms with van der Waals surface area (Å²) in [7, 11) is 1.92. The van der Waals surface area contributed by atoms with E-state index >= 15 is 0 Å². The van der Waals surface area contributed by atoms with Crippen molar-refractivity contribution in [3.8, 4) is 16.9 Å². The number of hydrogen-bond donors (Lipinski definition) is 3. The SMILES string of the molecule is Cc1c(O[C@H]2CC[C@H](CCCN3CCN(c4ccc5c(C6CCC(=O)NC6=O)nn(C)c5c4)C[C@H]3C)CC2)cccc1-c1ccc(N2CCc3cccc(C(=O)Nc4nc5ccccc5s4)c3C2)nc1C(=O)O. The predicted molar refractivity (Wildman–Crippen MR) is 285 cm³/mol. The van der Waals surface area contributed by atoms with Gasteiger partial charge in [-0.05, 0) is 155 Å². The van der Waals surface area contributed by atoms with Crippen molar-refractivity contribution >= 4 is 72.8 Å². The summed E-state index contributed by atoms with van der Waals surface area (Å²) in [6.07, 6.45) is 8.19. The molecule has 3 amide bonds. The van der Waals surface area contributed by atoms with E-state index in [1.54, 1.807) is 0 Å². The molecule has 2 saturated heterocycles. The van der Waals surface area contributed by atoms with Gasteiger partial charge in [-0.1, -0.05) is 47.7 Å². The number of carboxylic acid groups (broad SMARTS) is 1. The lowest BCUT2D eigenvalue weighted by Crippen LogP contribution is -2.52. The largest absolute Gasteiger partial charge is 0.490 e. The van der Waals surface area contributed by atoms with E-state index < -0.39 is 11.9 Å². The third-order valence-corrected chi connectivity index (χ3v) is 16.7. The number of nitrogens with zero attached hydrogens (tertiary/aromatic N) is 7. The van der Waals surface area contributed by atoms with Crippen molar-refractivity contribution in [3.63, 3.8) is 0 Å². The van der Waals surface area contributed by atoms with Crippen LogP contribution in [0.3, 0.4) is 0 Å². The van der Waals surface area contributed by atoms with Crippen molar-refractivity contribution in [3.05, 3.63) is 125 Å². The number of carbonyl (C=O) groups is 4. The van der Waals surface area contributed by atoms with Crippen LogP contribution in [0.1, 0.15) is 107 Å². The maximum atomic E-state index is 13.7. The molecule has 0 radical (unpaired) electrons. The molecule has 2 atom stereocenters. The Balaban J connectivity index is 0.670. The van der Waals surface area contributed by atoms with Crippen LogP contribution in [0.25, 0.3) is 32.2 Å². The summed E-state index contributed by atoms with van der Waals surface area (Å²) in [5, 5.41) is 22.3. The maximum Gasteiger partial charge on any atom is 0.355 e. The number of aromatic carboxylic acids is 1. The third-order valence-electron chi connectivity index (χ3n) is 15.7. The molecule has 6 heterocycles. The number of nitrogens with one attached hydrogen (secondary N) is 2. The molecular weight excluding hydrogens is 939 g/mol. The van der Waals surface area contributed by atoms with E-state index in [2.05, 4.69) is 50.5 Å². The van der Waals surface area contributed by atoms with E-state index in [-0.39, 0.29) is 29.5 Å². The Morgan fingerprint density at radius 3 is 2.52 bits per heavy atom. The number of benzene rings is 4. The summed E-state index contributed by atoms with van der Waals surface area (Å²) in [5.41, 5.74) is 8.49. The first kappa shape index (κ1) is 48.1. The monoisotopic (exact) mass is 999 g/mol. The zero-order valence-electron chi connectivity index (χ0n) is 41.6. The summed E-state index contributed by atoms with van der Waals surface area (Å²) in [5.74, 6) is -0.230. The van der Waals surface area contributed by atoms with E-state index in [1.807, 2.05) is 96.3 Å². The number of carbonyl (C=O) groups excluding carboxylic acids is 3. The average Bonchev–Trinajstić information content (AvgIpc) is 3.96. The first-order valence-electron chi connectivity index (χ1n) is 25.8. The van der Waals surface area contributed by atoms with Gasteiger partial charge in [0.25, 0.3) is 5.91 Å². The summed E-state index contributed by atoms with van der Waals surface area (Å²) in [4.78, 5) is 67.5. The van der Waals surface area contributed by atoms with Gasteiger partial charge in [-0.15, -0.1) is 0 Å². The zero-order chi connectivity index (χ0) is 50.3. The van der Waals surface area contributed by atoms with Crippen molar-refractivity contribution < 1.29 is 29.0 Å². The number of anilines is 3. The molecule has 3 N–H and O–H groups in total. The Kier molecular flexibility index (Phi) is 13.4. The highest BCUT2D eigenvalue weighted by Crippen LogP contribution is 2.38. The number of thiazole rings is 1. The van der Waals surface area contributed by atoms with Gasteiger partial charge in [0.15, 0.2) is 10.8 Å². The van der Waals surface area contributed by atoms with Gasteiger partial charge in [0, 0.05) is 74.4 Å². The molecular formula is C57H61N9O6S. The minimum atomic E-state index is -1.10. The molecule has 7 aromatic rings. The molecule has 4 aromatic carbocycles. The van der Waals surface area contributed by atoms with E-state index in [0.717, 1.165) is 112 Å². The molecule has 73 heavy (non-hydrogen) atoms. The van der Waals surface area contributed by atoms with Crippen LogP contribution in [0.15, 0.2) is 91.0 Å². The molecule has 3 fully saturated rings. The van der Waals surface area contributed by atoms with Crippen LogP contribution in [0, 0.1) is 12.8 Å². The van der Waals surface area contributed by atoms with E-state index in [0.29, 0.717) is 66.4 Å². The lowest BCUT2D eigenvalue weighted by molar-refractivity contribution is -0.134. The number of hydrogen-bond acceptors (Lipinski definition) is 12. The van der Waals surface area contributed by atoms with Gasteiger partial charge in [0.1, 0.15) is 11.6 Å². The number of imide groups is 1. The van der Waals surface area contributed by atoms with Gasteiger partial charge in [-0.2, -0.15) is 5.10 Å². The number of aromatic nitrogens is 4. The average molecular weight is 1000 g/mol. The molecule has 1 unspecified atom stereocenters. The van der Waals surface area contributed by atoms with Crippen molar-refractivity contribution in [1.29, 1.82) is 0 Å². The normalized spacial score (nSPS) is 20.5. The van der Waals surface area contributed by atoms with E-state index in [1.165, 1.54) is 24.2 Å². The molecule has 15 nitrogen and oxygen atoms in total. The van der Waals surface area contributed by atoms with Crippen molar-refractivity contribution in [2.24, 2.45) is 13.0 Å². The molecule has 0 bridgehead atoms. The zero-order valence-corrected chi connectivity index (χ0v) is 42.4. The molecule has 4 aliphatic rings. The van der Waals surface area contributed by atoms with Gasteiger partial charge in [0.2, 0.25) is 11.8 Å². The summed E-state index contributed by atoms with van der Waals surface area (Å²) in [6, 6.07) is 30.0. The Bertz CT molecular complexity index is 3240. The number of fused-ring (bicyclic) bond motifs is 3. The molecule has 16 heteroatoms. The summed E-state index contributed by atoms with van der Waals surface area (Å²) >= 11 is 1.44. The lowest BCUT2D eigenvalue weighted by Gasteiger charge is -2.41. The Morgan fingerprint density at radius 2 is 1.71 bits per heavy atom. The van der Waals surface area contributed by atoms with Crippen molar-refractivity contribution in [2.75, 3.05) is 47.8 Å². The highest BCUT2D eigenvalue weighted by Gasteiger charge is 2.33. The van der Waals surface area contributed by atoms with Crippen LogP contribution in [-0.2, 0) is 29.6 Å². The van der Waals surface area contributed by atoms with Gasteiger partial charge < -0.3 is 19.6 Å². The molecule has 11 rings (SSSR count). The third kappa shape index (κ3) is 9.89. The van der Waals surface area contributed by atoms with Crippen molar-refractivity contribution in [1.82, 2.24) is 30.0 Å². The standard InChI is InChI=1S/C57H61N9O6S/c1-34-32-65(38-18-21-43-47(31-38)63(3)62-52(43)44-23-25-51(67)60-55(44)69)30-29-64(34)27-8-9-36-16-19-39(20-17-36)72-48-14-7-11-40(35(48)2)41-22-24-50(59-53(41)56(70)71)66-28-26-37-10-6-12-42(45(37)33-66)54(68)61-57-58-46-13-4-5-15-49(46)73-57/h4-7,10-15,18,21-22,24,31,34,36,39,44H,8-9,16-17,19-20,23,25-30,32-33H2,1-3H3,(H,70,71)(H,58,61,68)(H,60,67,69)/t34-,36-,39-,44?/m1/s1. The van der Waals surface area contributed by atoms with Gasteiger partial charge >= 0.3 is 5.97 Å². The number of amides is 3. The Hall–Kier alpha value is -7.17. The number of carboxylic acids is 1. The molecule has 1 aliphatic carbocycles. The topological polar surface area (TPSA) is 175 Å². The number of ether oxygens (including phenoxy) is 1. The maximum absolute atomic E-state index is 13.7. The van der Waals surface area contributed by atoms with Crippen LogP contribution in [0.5, 0.6) is 5.75 Å². The minimum Gasteiger partial charge on any atom is -0.490 e. The van der Waals surface area contributed by atoms with Gasteiger partial charge in [0.05, 0.1) is 33.4 Å². The fourth-order valence-electron chi connectivity index (χ4n) is 11.7. The number of rotatable bonds is 13. The molecule has 3 aliphatic heterocycles. The van der Waals surface area contributed by atoms with Gasteiger partial charge in [-0.3, -0.25) is 34.6 Å². The Morgan fingerprint density at radius 1 is 0.877 bits per heavy atom. The van der Waals surface area contributed by atoms with E-state index in [9.17, 15) is 24.3 Å². The van der Waals surface area contributed by atoms with Crippen LogP contribution in [0.4, 0.5) is 16.6 Å². The first-order chi connectivity index (χ1) is 35.4. The second-order valence-corrected chi connectivity index (χ2v) is 21.3. The highest BCUT2D eigenvalue weighted by atomic mass is 32.1. The second kappa shape index (κ2) is 20.4. The summed E-state index contributed by atoms with van der Waals surface area (Å²) < 4.78 is 9.56. The quantitative estimate of drug-likeness (QED) is 0.0935. The summed E-state index contributed by atoms with van der Waals surface area (Å²) in [6.45, 7) is 9.34. The number of para-hydroxylation sites is 1. The number of piperazine rings is 1. The fourth-order valence-corrected chi connectivity index (χ4v) is 12.5. The molecule has 0 spiro atoms. The molecule has 376 valence electrons. The van der Waals surface area contributed by atoms with Crippen LogP contribution < -0.4 is 25.2 Å². The highest BCUT2D eigenvalue weighted by molar-refractivity contribution is 7.22. The lowest BCUT2D eigenvalue weighted by atomic mass is 9.84. The first-order valence-corrected chi connectivity index (χ1v) is 26.6. The minimum absolute atomic E-state index is 0.0201. The van der Waals surface area contributed by atoms with Crippen LogP contribution >= 0.6 is 11.3 Å². The Labute approximate surface area is 428 Å².